The number of hydrogen-bond donors (Lipinski definition) is 2. The molecule has 5 rings (SSSR count). The largest absolute Gasteiger partial charge is 0.491 e. The van der Waals surface area contributed by atoms with Crippen LogP contribution in [0.25, 0.3) is 0 Å². The van der Waals surface area contributed by atoms with E-state index in [1.807, 2.05) is 24.3 Å². The maximum absolute atomic E-state index is 12.8. The van der Waals surface area contributed by atoms with E-state index in [4.69, 9.17) is 14.2 Å². The molecule has 2 aromatic carbocycles. The highest BCUT2D eigenvalue weighted by Gasteiger charge is 2.22. The van der Waals surface area contributed by atoms with Crippen LogP contribution >= 0.6 is 0 Å². The molecule has 2 aliphatic heterocycles. The summed E-state index contributed by atoms with van der Waals surface area (Å²) in [5.41, 5.74) is 4.79. The summed E-state index contributed by atoms with van der Waals surface area (Å²) >= 11 is 0. The molecule has 2 N–H and O–H groups in total. The Bertz CT molecular complexity index is 949. The van der Waals surface area contributed by atoms with Crippen molar-refractivity contribution in [3.05, 3.63) is 64.7 Å². The molecule has 0 spiro atoms. The second-order valence-electron chi connectivity index (χ2n) is 9.75. The van der Waals surface area contributed by atoms with E-state index in [0.29, 0.717) is 18.2 Å². The van der Waals surface area contributed by atoms with Crippen molar-refractivity contribution in [2.24, 2.45) is 0 Å². The van der Waals surface area contributed by atoms with Crippen LogP contribution in [0.4, 0.5) is 0 Å². The fourth-order valence-corrected chi connectivity index (χ4v) is 5.14. The van der Waals surface area contributed by atoms with Gasteiger partial charge in [-0.25, -0.2) is 0 Å². The smallest absolute Gasteiger partial charge is 0.251 e. The van der Waals surface area contributed by atoms with Gasteiger partial charge >= 0.3 is 0 Å². The summed E-state index contributed by atoms with van der Waals surface area (Å²) in [6, 6.07) is 15.0. The third-order valence-corrected chi connectivity index (χ3v) is 7.23. The maximum Gasteiger partial charge on any atom is 0.251 e. The van der Waals surface area contributed by atoms with Crippen LogP contribution in [0.2, 0.25) is 0 Å². The highest BCUT2D eigenvalue weighted by molar-refractivity contribution is 5.94. The number of nitrogens with one attached hydrogen (secondary N) is 2. The summed E-state index contributed by atoms with van der Waals surface area (Å²) in [4.78, 5) is 12.8. The van der Waals surface area contributed by atoms with Crippen molar-refractivity contribution in [2.75, 3.05) is 26.4 Å². The topological polar surface area (TPSA) is 68.8 Å². The first kappa shape index (κ1) is 23.3. The molecular formula is C28H36N2O4. The molecule has 0 bridgehead atoms. The van der Waals surface area contributed by atoms with Crippen molar-refractivity contribution < 1.29 is 19.0 Å². The molecule has 182 valence electrons. The van der Waals surface area contributed by atoms with Crippen LogP contribution in [-0.2, 0) is 28.9 Å². The summed E-state index contributed by atoms with van der Waals surface area (Å²) in [7, 11) is 0. The highest BCUT2D eigenvalue weighted by atomic mass is 16.5. The SMILES string of the molecule is O=C(N[C@H]1CCc2cc(CNC3CCOCC3)ccc2C1)c1ccc(OC[C@@H]2CCCO2)cc1. The number of hydrogen-bond acceptors (Lipinski definition) is 5. The van der Waals surface area contributed by atoms with Gasteiger partial charge in [-0.05, 0) is 85.9 Å². The molecule has 1 amide bonds. The molecule has 6 heteroatoms. The number of benzene rings is 2. The van der Waals surface area contributed by atoms with Crippen molar-refractivity contribution in [3.8, 4) is 5.75 Å². The van der Waals surface area contributed by atoms with E-state index >= 15 is 0 Å². The Hall–Kier alpha value is -2.41. The van der Waals surface area contributed by atoms with Gasteiger partial charge in [-0.1, -0.05) is 18.2 Å². The zero-order chi connectivity index (χ0) is 23.2. The van der Waals surface area contributed by atoms with E-state index in [-0.39, 0.29) is 18.1 Å². The Morgan fingerprint density at radius 1 is 0.941 bits per heavy atom. The third kappa shape index (κ3) is 6.17. The molecule has 0 radical (unpaired) electrons. The van der Waals surface area contributed by atoms with Crippen LogP contribution < -0.4 is 15.4 Å². The Labute approximate surface area is 202 Å². The zero-order valence-electron chi connectivity index (χ0n) is 19.9. The second-order valence-corrected chi connectivity index (χ2v) is 9.75. The molecule has 2 saturated heterocycles. The lowest BCUT2D eigenvalue weighted by atomic mass is 9.87. The molecule has 2 fully saturated rings. The quantitative estimate of drug-likeness (QED) is 0.622. The predicted molar refractivity (Wildman–Crippen MR) is 131 cm³/mol. The van der Waals surface area contributed by atoms with Gasteiger partial charge in [-0.3, -0.25) is 4.79 Å². The summed E-state index contributed by atoms with van der Waals surface area (Å²) in [6.45, 7) is 4.03. The van der Waals surface area contributed by atoms with Crippen LogP contribution in [0.5, 0.6) is 5.75 Å². The Balaban J connectivity index is 1.09. The fraction of sp³-hybridized carbons (Fsp3) is 0.536. The minimum absolute atomic E-state index is 0.0172. The first-order valence-corrected chi connectivity index (χ1v) is 12.8. The summed E-state index contributed by atoms with van der Waals surface area (Å²) < 4.78 is 16.8. The Morgan fingerprint density at radius 2 is 1.79 bits per heavy atom. The van der Waals surface area contributed by atoms with Crippen molar-refractivity contribution in [3.63, 3.8) is 0 Å². The third-order valence-electron chi connectivity index (χ3n) is 7.23. The van der Waals surface area contributed by atoms with Gasteiger partial charge in [0.1, 0.15) is 12.4 Å². The van der Waals surface area contributed by atoms with Gasteiger partial charge in [0, 0.05) is 44.0 Å². The highest BCUT2D eigenvalue weighted by Crippen LogP contribution is 2.24. The van der Waals surface area contributed by atoms with E-state index < -0.39 is 0 Å². The van der Waals surface area contributed by atoms with Crippen LogP contribution in [0.3, 0.4) is 0 Å². The van der Waals surface area contributed by atoms with E-state index in [9.17, 15) is 4.79 Å². The molecule has 3 aliphatic rings. The van der Waals surface area contributed by atoms with Crippen molar-refractivity contribution in [1.29, 1.82) is 0 Å². The Kier molecular flexibility index (Phi) is 7.79. The van der Waals surface area contributed by atoms with Crippen molar-refractivity contribution in [1.82, 2.24) is 10.6 Å². The zero-order valence-corrected chi connectivity index (χ0v) is 19.9. The lowest BCUT2D eigenvalue weighted by molar-refractivity contribution is 0.0679. The lowest BCUT2D eigenvalue weighted by Crippen LogP contribution is -2.39. The van der Waals surface area contributed by atoms with Gasteiger partial charge in [0.15, 0.2) is 0 Å². The van der Waals surface area contributed by atoms with E-state index in [2.05, 4.69) is 28.8 Å². The monoisotopic (exact) mass is 464 g/mol. The number of ether oxygens (including phenoxy) is 3. The molecule has 2 aromatic rings. The molecule has 0 saturated carbocycles. The van der Waals surface area contributed by atoms with Gasteiger partial charge in [0.05, 0.1) is 6.10 Å². The van der Waals surface area contributed by atoms with Gasteiger partial charge in [0.25, 0.3) is 5.91 Å². The number of rotatable bonds is 8. The van der Waals surface area contributed by atoms with Crippen LogP contribution in [-0.4, -0.2) is 50.5 Å². The average Bonchev–Trinajstić information content (AvgIpc) is 3.41. The molecule has 2 atom stereocenters. The van der Waals surface area contributed by atoms with Gasteiger partial charge in [0.2, 0.25) is 0 Å². The minimum atomic E-state index is -0.0172. The average molecular weight is 465 g/mol. The molecule has 0 aromatic heterocycles. The number of amides is 1. The van der Waals surface area contributed by atoms with E-state index in [1.165, 1.54) is 16.7 Å². The summed E-state index contributed by atoms with van der Waals surface area (Å²) in [5, 5.41) is 6.90. The molecule has 6 nitrogen and oxygen atoms in total. The van der Waals surface area contributed by atoms with E-state index in [0.717, 1.165) is 77.1 Å². The van der Waals surface area contributed by atoms with Crippen molar-refractivity contribution in [2.45, 2.75) is 69.7 Å². The Morgan fingerprint density at radius 3 is 2.59 bits per heavy atom. The molecule has 2 heterocycles. The van der Waals surface area contributed by atoms with Gasteiger partial charge in [-0.15, -0.1) is 0 Å². The lowest BCUT2D eigenvalue weighted by Gasteiger charge is -2.27. The van der Waals surface area contributed by atoms with Crippen LogP contribution in [0.15, 0.2) is 42.5 Å². The molecule has 1 aliphatic carbocycles. The maximum atomic E-state index is 12.8. The van der Waals surface area contributed by atoms with Gasteiger partial charge in [-0.2, -0.15) is 0 Å². The first-order valence-electron chi connectivity index (χ1n) is 12.8. The molecular weight excluding hydrogens is 428 g/mol. The molecule has 34 heavy (non-hydrogen) atoms. The number of aryl methyl sites for hydroxylation is 1. The fourth-order valence-electron chi connectivity index (χ4n) is 5.14. The normalized spacial score (nSPS) is 22.8. The summed E-state index contributed by atoms with van der Waals surface area (Å²) in [5.74, 6) is 0.761. The standard InChI is InChI=1S/C28H36N2O4/c31-28(21-6-9-26(10-7-21)34-19-27-2-1-13-33-27)30-25-8-5-22-16-20(3-4-23(22)17-25)18-29-24-11-14-32-15-12-24/h3-4,6-7,9-10,16,24-25,27,29H,1-2,5,8,11-15,17-19H2,(H,30,31)/t25-,27-/m0/s1. The van der Waals surface area contributed by atoms with Crippen molar-refractivity contribution >= 4 is 5.91 Å². The van der Waals surface area contributed by atoms with Gasteiger partial charge < -0.3 is 24.8 Å². The number of carbonyl (C=O) groups is 1. The van der Waals surface area contributed by atoms with E-state index in [1.54, 1.807) is 0 Å². The minimum Gasteiger partial charge on any atom is -0.491 e. The predicted octanol–water partition coefficient (Wildman–Crippen LogP) is 3.80. The number of carbonyl (C=O) groups excluding carboxylic acids is 1. The second kappa shape index (κ2) is 11.3. The summed E-state index contributed by atoms with van der Waals surface area (Å²) in [6.07, 6.45) is 7.40. The first-order chi connectivity index (χ1) is 16.7. The molecule has 0 unspecified atom stereocenters. The van der Waals surface area contributed by atoms with Crippen LogP contribution in [0.1, 0.15) is 59.2 Å². The van der Waals surface area contributed by atoms with Crippen LogP contribution in [0, 0.1) is 0 Å². The number of fused-ring (bicyclic) bond motifs is 1.